The van der Waals surface area contributed by atoms with E-state index in [-0.39, 0.29) is 5.56 Å². The maximum absolute atomic E-state index is 12.5. The largest absolute Gasteiger partial charge is 0.287 e. The summed E-state index contributed by atoms with van der Waals surface area (Å²) in [5.41, 5.74) is 0.153. The highest BCUT2D eigenvalue weighted by atomic mass is 32.2. The van der Waals surface area contributed by atoms with Crippen LogP contribution in [0.1, 0.15) is 31.1 Å². The summed E-state index contributed by atoms with van der Waals surface area (Å²) >= 11 is 3.39. The summed E-state index contributed by atoms with van der Waals surface area (Å²) in [5.74, 6) is 1.07. The molecule has 0 fully saturated rings. The molecule has 3 nitrogen and oxygen atoms in total. The molecule has 2 aromatic rings. The summed E-state index contributed by atoms with van der Waals surface area (Å²) in [6, 6.07) is 2.02. The topological polar surface area (TPSA) is 34.9 Å². The standard InChI is InChI=1S/C13H16N2OS2/c1-2-9-8-10-11(18-9)14-13-15(12(10)16)6-4-3-5-7-17-13/h8H,2-7H2,1H3. The second kappa shape index (κ2) is 5.05. The van der Waals surface area contributed by atoms with Crippen LogP contribution < -0.4 is 5.56 Å². The molecule has 0 aliphatic carbocycles. The Morgan fingerprint density at radius 2 is 2.28 bits per heavy atom. The van der Waals surface area contributed by atoms with Crippen LogP contribution in [-0.4, -0.2) is 15.3 Å². The highest BCUT2D eigenvalue weighted by molar-refractivity contribution is 7.99. The zero-order valence-corrected chi connectivity index (χ0v) is 12.1. The predicted molar refractivity (Wildman–Crippen MR) is 77.8 cm³/mol. The van der Waals surface area contributed by atoms with Crippen molar-refractivity contribution in [2.45, 2.75) is 44.3 Å². The maximum Gasteiger partial charge on any atom is 0.262 e. The van der Waals surface area contributed by atoms with Crippen LogP contribution in [0.4, 0.5) is 0 Å². The molecule has 0 saturated heterocycles. The van der Waals surface area contributed by atoms with Gasteiger partial charge in [-0.3, -0.25) is 9.36 Å². The molecule has 0 saturated carbocycles. The Balaban J connectivity index is 2.21. The van der Waals surface area contributed by atoms with E-state index >= 15 is 0 Å². The number of hydrogen-bond donors (Lipinski definition) is 0. The number of rotatable bonds is 1. The zero-order chi connectivity index (χ0) is 12.5. The van der Waals surface area contributed by atoms with Crippen molar-refractivity contribution >= 4 is 33.3 Å². The lowest BCUT2D eigenvalue weighted by Crippen LogP contribution is -2.23. The van der Waals surface area contributed by atoms with Crippen molar-refractivity contribution in [3.8, 4) is 0 Å². The number of thiophene rings is 1. The SMILES string of the molecule is CCc1cc2c(=O)n3c(nc2s1)SCCCCC3. The first-order valence-electron chi connectivity index (χ1n) is 6.45. The van der Waals surface area contributed by atoms with Gasteiger partial charge in [-0.15, -0.1) is 11.3 Å². The first kappa shape index (κ1) is 12.2. The second-order valence-corrected chi connectivity index (χ2v) is 6.72. The van der Waals surface area contributed by atoms with Crippen LogP contribution in [0.5, 0.6) is 0 Å². The molecule has 0 amide bonds. The average Bonchev–Trinajstić information content (AvgIpc) is 2.75. The van der Waals surface area contributed by atoms with E-state index in [0.29, 0.717) is 0 Å². The molecule has 96 valence electrons. The lowest BCUT2D eigenvalue weighted by molar-refractivity contribution is 0.535. The van der Waals surface area contributed by atoms with Crippen molar-refractivity contribution in [2.75, 3.05) is 5.75 Å². The Hall–Kier alpha value is -0.810. The summed E-state index contributed by atoms with van der Waals surface area (Å²) in [6.45, 7) is 2.94. The monoisotopic (exact) mass is 280 g/mol. The molecule has 0 unspecified atom stereocenters. The molecule has 0 radical (unpaired) electrons. The van der Waals surface area contributed by atoms with Crippen molar-refractivity contribution in [1.82, 2.24) is 9.55 Å². The van der Waals surface area contributed by atoms with Gasteiger partial charge in [0.25, 0.3) is 5.56 Å². The molecule has 3 heterocycles. The van der Waals surface area contributed by atoms with Gasteiger partial charge in [0.1, 0.15) is 4.83 Å². The normalized spacial score (nSPS) is 16.3. The summed E-state index contributed by atoms with van der Waals surface area (Å²) in [7, 11) is 0. The number of nitrogens with zero attached hydrogens (tertiary/aromatic N) is 2. The van der Waals surface area contributed by atoms with E-state index < -0.39 is 0 Å². The Kier molecular flexibility index (Phi) is 3.43. The smallest absolute Gasteiger partial charge is 0.262 e. The molecule has 18 heavy (non-hydrogen) atoms. The highest BCUT2D eigenvalue weighted by Crippen LogP contribution is 2.26. The third-order valence-corrected chi connectivity index (χ3v) is 5.51. The van der Waals surface area contributed by atoms with Crippen LogP contribution >= 0.6 is 23.1 Å². The molecule has 0 bridgehead atoms. The first-order valence-corrected chi connectivity index (χ1v) is 8.26. The van der Waals surface area contributed by atoms with Gasteiger partial charge in [0, 0.05) is 17.2 Å². The number of hydrogen-bond acceptors (Lipinski definition) is 4. The second-order valence-electron chi connectivity index (χ2n) is 4.55. The lowest BCUT2D eigenvalue weighted by Gasteiger charge is -2.14. The van der Waals surface area contributed by atoms with E-state index in [1.165, 1.54) is 17.7 Å². The summed E-state index contributed by atoms with van der Waals surface area (Å²) in [6.07, 6.45) is 4.50. The summed E-state index contributed by atoms with van der Waals surface area (Å²) in [4.78, 5) is 19.3. The van der Waals surface area contributed by atoms with E-state index in [0.717, 1.165) is 40.5 Å². The third-order valence-electron chi connectivity index (χ3n) is 3.27. The van der Waals surface area contributed by atoms with Gasteiger partial charge in [-0.05, 0) is 25.3 Å². The Morgan fingerprint density at radius 1 is 1.39 bits per heavy atom. The van der Waals surface area contributed by atoms with Gasteiger partial charge in [-0.2, -0.15) is 0 Å². The number of fused-ring (bicyclic) bond motifs is 2. The van der Waals surface area contributed by atoms with Crippen LogP contribution in [0.15, 0.2) is 16.0 Å². The molecule has 3 rings (SSSR count). The lowest BCUT2D eigenvalue weighted by atomic mass is 10.2. The van der Waals surface area contributed by atoms with Crippen molar-refractivity contribution < 1.29 is 0 Å². The Bertz CT molecular complexity index is 630. The molecule has 0 aromatic carbocycles. The van der Waals surface area contributed by atoms with Crippen LogP contribution in [0, 0.1) is 0 Å². The minimum atomic E-state index is 0.153. The highest BCUT2D eigenvalue weighted by Gasteiger charge is 2.15. The quantitative estimate of drug-likeness (QED) is 0.752. The minimum absolute atomic E-state index is 0.153. The molecule has 5 heteroatoms. The van der Waals surface area contributed by atoms with Crippen LogP contribution in [0.2, 0.25) is 0 Å². The molecule has 1 aliphatic heterocycles. The first-order chi connectivity index (χ1) is 8.79. The third kappa shape index (κ3) is 2.10. The van der Waals surface area contributed by atoms with Gasteiger partial charge in [0.05, 0.1) is 5.39 Å². The van der Waals surface area contributed by atoms with Crippen molar-refractivity contribution in [2.24, 2.45) is 0 Å². The Morgan fingerprint density at radius 3 is 3.11 bits per heavy atom. The van der Waals surface area contributed by atoms with Crippen molar-refractivity contribution in [3.63, 3.8) is 0 Å². The predicted octanol–water partition coefficient (Wildman–Crippen LogP) is 3.30. The van der Waals surface area contributed by atoms with Crippen LogP contribution in [-0.2, 0) is 13.0 Å². The fourth-order valence-corrected chi connectivity index (χ4v) is 4.27. The van der Waals surface area contributed by atoms with Gasteiger partial charge in [-0.1, -0.05) is 25.1 Å². The van der Waals surface area contributed by atoms with E-state index in [2.05, 4.69) is 6.92 Å². The number of aryl methyl sites for hydroxylation is 1. The fraction of sp³-hybridized carbons (Fsp3) is 0.538. The van der Waals surface area contributed by atoms with Crippen molar-refractivity contribution in [1.29, 1.82) is 0 Å². The summed E-state index contributed by atoms with van der Waals surface area (Å²) < 4.78 is 1.87. The summed E-state index contributed by atoms with van der Waals surface area (Å²) in [5, 5.41) is 1.72. The number of aromatic nitrogens is 2. The fourth-order valence-electron chi connectivity index (χ4n) is 2.24. The van der Waals surface area contributed by atoms with Gasteiger partial charge in [-0.25, -0.2) is 4.98 Å². The van der Waals surface area contributed by atoms with Gasteiger partial charge in [0.15, 0.2) is 5.16 Å². The molecular weight excluding hydrogens is 264 g/mol. The van der Waals surface area contributed by atoms with E-state index in [9.17, 15) is 4.79 Å². The van der Waals surface area contributed by atoms with Crippen LogP contribution in [0.3, 0.4) is 0 Å². The molecule has 0 spiro atoms. The van der Waals surface area contributed by atoms with Gasteiger partial charge >= 0.3 is 0 Å². The van der Waals surface area contributed by atoms with E-state index in [1.54, 1.807) is 23.1 Å². The molecule has 0 atom stereocenters. The van der Waals surface area contributed by atoms with Crippen molar-refractivity contribution in [3.05, 3.63) is 21.3 Å². The maximum atomic E-state index is 12.5. The van der Waals surface area contributed by atoms with E-state index in [4.69, 9.17) is 4.98 Å². The molecule has 2 aromatic heterocycles. The molecular formula is C13H16N2OS2. The zero-order valence-electron chi connectivity index (χ0n) is 10.4. The molecule has 1 aliphatic rings. The van der Waals surface area contributed by atoms with Gasteiger partial charge < -0.3 is 0 Å². The van der Waals surface area contributed by atoms with Gasteiger partial charge in [0.2, 0.25) is 0 Å². The van der Waals surface area contributed by atoms with Crippen LogP contribution in [0.25, 0.3) is 10.2 Å². The Labute approximate surface area is 114 Å². The minimum Gasteiger partial charge on any atom is -0.287 e. The van der Waals surface area contributed by atoms with E-state index in [1.807, 2.05) is 10.6 Å². The average molecular weight is 280 g/mol. The number of thioether (sulfide) groups is 1. The molecule has 0 N–H and O–H groups in total.